The number of primary amides is 1. The van der Waals surface area contributed by atoms with E-state index in [-0.39, 0.29) is 17.7 Å². The molecule has 0 radical (unpaired) electrons. The molecule has 1 aromatic rings. The summed E-state index contributed by atoms with van der Waals surface area (Å²) in [6.45, 7) is 0.931. The Kier molecular flexibility index (Phi) is 3.28. The summed E-state index contributed by atoms with van der Waals surface area (Å²) in [4.78, 5) is 24.8. The molecule has 1 aliphatic heterocycles. The number of rotatable bonds is 2. The normalized spacial score (nSPS) is 18.4. The second kappa shape index (κ2) is 4.88. The molecule has 1 fully saturated rings. The van der Waals surface area contributed by atoms with E-state index in [1.165, 1.54) is 0 Å². The number of nitrogens with two attached hydrogens (primary N) is 1. The number of nitrogens with zero attached hydrogens (tertiary/aromatic N) is 2. The van der Waals surface area contributed by atoms with Gasteiger partial charge in [-0.2, -0.15) is 5.26 Å². The smallest absolute Gasteiger partial charge is 0.253 e. The number of nitriles is 1. The highest BCUT2D eigenvalue weighted by Crippen LogP contribution is 2.18. The first-order valence-corrected chi connectivity index (χ1v) is 5.70. The van der Waals surface area contributed by atoms with Crippen LogP contribution in [0.2, 0.25) is 0 Å². The van der Waals surface area contributed by atoms with Gasteiger partial charge in [-0.25, -0.2) is 0 Å². The SMILES string of the molecule is N#Cc1ccc(C(=O)N2CCC(C(N)=O)C2)cc1. The van der Waals surface area contributed by atoms with Crippen LogP contribution in [0, 0.1) is 17.2 Å². The maximum atomic E-state index is 12.1. The minimum atomic E-state index is -0.356. The topological polar surface area (TPSA) is 87.2 Å². The molecule has 2 N–H and O–H groups in total. The largest absolute Gasteiger partial charge is 0.369 e. The molecular formula is C13H13N3O2. The van der Waals surface area contributed by atoms with Gasteiger partial charge in [0.2, 0.25) is 5.91 Å². The lowest BCUT2D eigenvalue weighted by Gasteiger charge is -2.15. The number of hydrogen-bond acceptors (Lipinski definition) is 3. The number of benzene rings is 1. The van der Waals surface area contributed by atoms with E-state index in [0.717, 1.165) is 0 Å². The van der Waals surface area contributed by atoms with Crippen molar-refractivity contribution in [2.75, 3.05) is 13.1 Å². The highest BCUT2D eigenvalue weighted by Gasteiger charge is 2.29. The number of carbonyl (C=O) groups is 2. The molecule has 92 valence electrons. The molecule has 1 saturated heterocycles. The summed E-state index contributed by atoms with van der Waals surface area (Å²) >= 11 is 0. The lowest BCUT2D eigenvalue weighted by Crippen LogP contribution is -2.31. The second-order valence-electron chi connectivity index (χ2n) is 4.33. The Morgan fingerprint density at radius 1 is 1.33 bits per heavy atom. The first kappa shape index (κ1) is 12.1. The van der Waals surface area contributed by atoms with Crippen molar-refractivity contribution in [3.63, 3.8) is 0 Å². The monoisotopic (exact) mass is 243 g/mol. The fourth-order valence-corrected chi connectivity index (χ4v) is 2.05. The second-order valence-corrected chi connectivity index (χ2v) is 4.33. The van der Waals surface area contributed by atoms with Crippen LogP contribution in [0.4, 0.5) is 0 Å². The molecule has 5 heteroatoms. The summed E-state index contributed by atoms with van der Waals surface area (Å²) in [7, 11) is 0. The van der Waals surface area contributed by atoms with E-state index in [4.69, 9.17) is 11.0 Å². The van der Waals surface area contributed by atoms with Gasteiger partial charge in [-0.15, -0.1) is 0 Å². The molecule has 1 atom stereocenters. The van der Waals surface area contributed by atoms with Crippen LogP contribution >= 0.6 is 0 Å². The molecule has 0 saturated carbocycles. The van der Waals surface area contributed by atoms with Crippen molar-refractivity contribution in [2.45, 2.75) is 6.42 Å². The molecule has 0 aromatic heterocycles. The van der Waals surface area contributed by atoms with Gasteiger partial charge in [0.05, 0.1) is 17.6 Å². The van der Waals surface area contributed by atoms with Gasteiger partial charge in [0.25, 0.3) is 5.91 Å². The van der Waals surface area contributed by atoms with Gasteiger partial charge < -0.3 is 10.6 Å². The van der Waals surface area contributed by atoms with Crippen molar-refractivity contribution in [1.82, 2.24) is 4.90 Å². The Bertz CT molecular complexity index is 516. The summed E-state index contributed by atoms with van der Waals surface area (Å²) in [5.41, 5.74) is 6.27. The van der Waals surface area contributed by atoms with E-state index >= 15 is 0 Å². The van der Waals surface area contributed by atoms with E-state index in [1.807, 2.05) is 6.07 Å². The first-order chi connectivity index (χ1) is 8.61. The third kappa shape index (κ3) is 2.33. The zero-order valence-electron chi connectivity index (χ0n) is 9.80. The van der Waals surface area contributed by atoms with Crippen molar-refractivity contribution < 1.29 is 9.59 Å². The van der Waals surface area contributed by atoms with E-state index in [2.05, 4.69) is 0 Å². The van der Waals surface area contributed by atoms with Crippen LogP contribution < -0.4 is 5.73 Å². The quantitative estimate of drug-likeness (QED) is 0.820. The molecule has 1 aromatic carbocycles. The molecule has 1 heterocycles. The van der Waals surface area contributed by atoms with Crippen molar-refractivity contribution in [1.29, 1.82) is 5.26 Å². The fraction of sp³-hybridized carbons (Fsp3) is 0.308. The summed E-state index contributed by atoms with van der Waals surface area (Å²) in [5, 5.41) is 8.68. The van der Waals surface area contributed by atoms with E-state index in [0.29, 0.717) is 30.6 Å². The minimum Gasteiger partial charge on any atom is -0.369 e. The van der Waals surface area contributed by atoms with Gasteiger partial charge in [0.15, 0.2) is 0 Å². The van der Waals surface area contributed by atoms with Gasteiger partial charge in [0, 0.05) is 18.7 Å². The van der Waals surface area contributed by atoms with E-state index in [1.54, 1.807) is 29.2 Å². The Balaban J connectivity index is 2.08. The molecule has 0 bridgehead atoms. The zero-order valence-corrected chi connectivity index (χ0v) is 9.80. The number of amides is 2. The zero-order chi connectivity index (χ0) is 13.1. The molecule has 2 amide bonds. The first-order valence-electron chi connectivity index (χ1n) is 5.70. The Morgan fingerprint density at radius 3 is 2.50 bits per heavy atom. The van der Waals surface area contributed by atoms with Crippen molar-refractivity contribution in [3.05, 3.63) is 35.4 Å². The van der Waals surface area contributed by atoms with Gasteiger partial charge in [-0.1, -0.05) is 0 Å². The minimum absolute atomic E-state index is 0.122. The average molecular weight is 243 g/mol. The van der Waals surface area contributed by atoms with Crippen molar-refractivity contribution >= 4 is 11.8 Å². The molecule has 5 nitrogen and oxygen atoms in total. The maximum absolute atomic E-state index is 12.1. The maximum Gasteiger partial charge on any atom is 0.253 e. The van der Waals surface area contributed by atoms with Crippen LogP contribution in [0.15, 0.2) is 24.3 Å². The van der Waals surface area contributed by atoms with Crippen LogP contribution in [-0.2, 0) is 4.79 Å². The lowest BCUT2D eigenvalue weighted by atomic mass is 10.1. The lowest BCUT2D eigenvalue weighted by molar-refractivity contribution is -0.121. The highest BCUT2D eigenvalue weighted by molar-refractivity contribution is 5.95. The van der Waals surface area contributed by atoms with Gasteiger partial charge >= 0.3 is 0 Å². The molecule has 1 unspecified atom stereocenters. The predicted octanol–water partition coefficient (Wildman–Crippen LogP) is 0.506. The van der Waals surface area contributed by atoms with Crippen LogP contribution in [-0.4, -0.2) is 29.8 Å². The third-order valence-electron chi connectivity index (χ3n) is 3.14. The Morgan fingerprint density at radius 2 is 2.00 bits per heavy atom. The fourth-order valence-electron chi connectivity index (χ4n) is 2.05. The van der Waals surface area contributed by atoms with Gasteiger partial charge in [-0.3, -0.25) is 9.59 Å². The molecule has 0 spiro atoms. The molecule has 18 heavy (non-hydrogen) atoms. The number of carbonyl (C=O) groups excluding carboxylic acids is 2. The summed E-state index contributed by atoms with van der Waals surface area (Å²) in [5.74, 6) is -0.722. The van der Waals surface area contributed by atoms with Crippen LogP contribution in [0.3, 0.4) is 0 Å². The van der Waals surface area contributed by atoms with E-state index < -0.39 is 0 Å². The van der Waals surface area contributed by atoms with Gasteiger partial charge in [-0.05, 0) is 30.7 Å². The predicted molar refractivity (Wildman–Crippen MR) is 64.4 cm³/mol. The average Bonchev–Trinajstić information content (AvgIpc) is 2.88. The van der Waals surface area contributed by atoms with Crippen LogP contribution in [0.1, 0.15) is 22.3 Å². The summed E-state index contributed by atoms with van der Waals surface area (Å²) in [6, 6.07) is 8.46. The Hall–Kier alpha value is -2.35. The summed E-state index contributed by atoms with van der Waals surface area (Å²) in [6.07, 6.45) is 0.622. The van der Waals surface area contributed by atoms with Crippen LogP contribution in [0.5, 0.6) is 0 Å². The molecule has 0 aliphatic carbocycles. The Labute approximate surface area is 105 Å². The van der Waals surface area contributed by atoms with Crippen LogP contribution in [0.25, 0.3) is 0 Å². The number of likely N-dealkylation sites (tertiary alicyclic amines) is 1. The number of hydrogen-bond donors (Lipinski definition) is 1. The molecule has 2 rings (SSSR count). The standard InChI is InChI=1S/C13H13N3O2/c14-7-9-1-3-10(4-2-9)13(18)16-6-5-11(8-16)12(15)17/h1-4,11H,5-6,8H2,(H2,15,17). The molecule has 1 aliphatic rings. The van der Waals surface area contributed by atoms with Crippen molar-refractivity contribution in [2.24, 2.45) is 11.7 Å². The highest BCUT2D eigenvalue weighted by atomic mass is 16.2. The van der Waals surface area contributed by atoms with E-state index in [9.17, 15) is 9.59 Å². The van der Waals surface area contributed by atoms with Gasteiger partial charge in [0.1, 0.15) is 0 Å². The third-order valence-corrected chi connectivity index (χ3v) is 3.14. The molecular weight excluding hydrogens is 230 g/mol. The van der Waals surface area contributed by atoms with Crippen molar-refractivity contribution in [3.8, 4) is 6.07 Å². The summed E-state index contributed by atoms with van der Waals surface area (Å²) < 4.78 is 0.